The third-order valence-corrected chi connectivity index (χ3v) is 5.09. The van der Waals surface area contributed by atoms with Crippen LogP contribution in [0.5, 0.6) is 23.0 Å². The lowest BCUT2D eigenvalue weighted by Crippen LogP contribution is -2.22. The molecule has 2 rings (SSSR count). The number of esters is 2. The van der Waals surface area contributed by atoms with Gasteiger partial charge in [0.05, 0.1) is 19.1 Å². The first-order chi connectivity index (χ1) is 15.6. The van der Waals surface area contributed by atoms with E-state index >= 15 is 0 Å². The molecule has 0 saturated carbocycles. The van der Waals surface area contributed by atoms with Crippen LogP contribution in [0.2, 0.25) is 5.02 Å². The molecular formula is C27H37ClO6. The van der Waals surface area contributed by atoms with E-state index in [1.165, 1.54) is 6.92 Å². The van der Waals surface area contributed by atoms with Gasteiger partial charge in [-0.15, -0.1) is 0 Å². The molecule has 1 unspecified atom stereocenters. The zero-order valence-corrected chi connectivity index (χ0v) is 22.5. The zero-order chi connectivity index (χ0) is 25.8. The molecule has 0 bridgehead atoms. The van der Waals surface area contributed by atoms with Crippen LogP contribution in [0.1, 0.15) is 68.7 Å². The van der Waals surface area contributed by atoms with E-state index < -0.39 is 5.97 Å². The molecule has 0 saturated heterocycles. The van der Waals surface area contributed by atoms with Gasteiger partial charge in [-0.3, -0.25) is 9.59 Å². The molecule has 0 radical (unpaired) electrons. The van der Waals surface area contributed by atoms with Gasteiger partial charge in [-0.2, -0.15) is 0 Å². The summed E-state index contributed by atoms with van der Waals surface area (Å²) in [6.07, 6.45) is 0.625. The quantitative estimate of drug-likeness (QED) is 0.286. The van der Waals surface area contributed by atoms with E-state index in [1.807, 2.05) is 48.5 Å². The fourth-order valence-electron chi connectivity index (χ4n) is 2.91. The van der Waals surface area contributed by atoms with E-state index in [-0.39, 0.29) is 45.7 Å². The molecule has 0 aliphatic rings. The van der Waals surface area contributed by atoms with Gasteiger partial charge in [0.25, 0.3) is 0 Å². The molecule has 6 nitrogen and oxygen atoms in total. The number of benzene rings is 2. The Morgan fingerprint density at radius 1 is 0.853 bits per heavy atom. The van der Waals surface area contributed by atoms with Crippen molar-refractivity contribution in [2.24, 2.45) is 16.7 Å². The number of ether oxygens (including phenoxy) is 4. The largest absolute Gasteiger partial charge is 0.486 e. The highest BCUT2D eigenvalue weighted by atomic mass is 35.5. The summed E-state index contributed by atoms with van der Waals surface area (Å²) in [7, 11) is 0. The van der Waals surface area contributed by atoms with Gasteiger partial charge in [-0.1, -0.05) is 67.0 Å². The van der Waals surface area contributed by atoms with Gasteiger partial charge in [-0.05, 0) is 35.4 Å². The minimum Gasteiger partial charge on any atom is -0.486 e. The minimum absolute atomic E-state index is 0.182. The van der Waals surface area contributed by atoms with E-state index in [1.54, 1.807) is 25.1 Å². The van der Waals surface area contributed by atoms with Crippen molar-refractivity contribution in [2.45, 2.75) is 68.7 Å². The van der Waals surface area contributed by atoms with Gasteiger partial charge in [-0.25, -0.2) is 0 Å². The molecule has 0 aliphatic heterocycles. The second-order valence-corrected chi connectivity index (χ2v) is 11.5. The van der Waals surface area contributed by atoms with Gasteiger partial charge < -0.3 is 18.9 Å². The summed E-state index contributed by atoms with van der Waals surface area (Å²) in [5.74, 6) is -0.389. The highest BCUT2D eigenvalue weighted by Crippen LogP contribution is 2.52. The molecular weight excluding hydrogens is 456 g/mol. The fourth-order valence-corrected chi connectivity index (χ4v) is 3.08. The maximum absolute atomic E-state index is 12.9. The predicted molar refractivity (Wildman–Crippen MR) is 135 cm³/mol. The Hall–Kier alpha value is -2.47. The number of hydrogen-bond acceptors (Lipinski definition) is 6. The fraction of sp³-hybridized carbons (Fsp3) is 0.556. The average molecular weight is 493 g/mol. The molecule has 34 heavy (non-hydrogen) atoms. The van der Waals surface area contributed by atoms with Crippen molar-refractivity contribution in [1.82, 2.24) is 0 Å². The normalized spacial score (nSPS) is 12.9. The van der Waals surface area contributed by atoms with Crippen molar-refractivity contribution in [1.29, 1.82) is 0 Å². The second kappa shape index (κ2) is 10.9. The van der Waals surface area contributed by atoms with Gasteiger partial charge in [0.1, 0.15) is 0 Å². The summed E-state index contributed by atoms with van der Waals surface area (Å²) in [5, 5.41) is 1.45. The first kappa shape index (κ1) is 27.8. The van der Waals surface area contributed by atoms with Crippen LogP contribution >= 0.6 is 11.6 Å². The maximum atomic E-state index is 12.9. The Balaban J connectivity index is 2.90. The SMILES string of the molecule is CCC(C)C(=O)Oc1c(OCC(C)(C)C)c(OCC(C)(C)C)c(OC(C)=O)c2cc(Cl)ccc12. The molecule has 0 N–H and O–H groups in total. The van der Waals surface area contributed by atoms with Crippen LogP contribution in [0.3, 0.4) is 0 Å². The van der Waals surface area contributed by atoms with Gasteiger partial charge in [0.15, 0.2) is 11.5 Å². The highest BCUT2D eigenvalue weighted by molar-refractivity contribution is 6.31. The average Bonchev–Trinajstić information content (AvgIpc) is 2.70. The Bertz CT molecular complexity index is 1050. The van der Waals surface area contributed by atoms with Crippen LogP contribution in [0.25, 0.3) is 10.8 Å². The predicted octanol–water partition coefficient (Wildman–Crippen LogP) is 7.22. The Morgan fingerprint density at radius 2 is 1.35 bits per heavy atom. The summed E-state index contributed by atoms with van der Waals surface area (Å²) in [4.78, 5) is 24.9. The van der Waals surface area contributed by atoms with Gasteiger partial charge in [0, 0.05) is 22.7 Å². The second-order valence-electron chi connectivity index (χ2n) is 11.0. The lowest BCUT2D eigenvalue weighted by molar-refractivity contribution is -0.138. The van der Waals surface area contributed by atoms with Crippen LogP contribution in [-0.4, -0.2) is 25.2 Å². The molecule has 7 heteroatoms. The molecule has 188 valence electrons. The summed E-state index contributed by atoms with van der Waals surface area (Å²) in [6, 6.07) is 5.07. The molecule has 0 spiro atoms. The van der Waals surface area contributed by atoms with Crippen molar-refractivity contribution < 1.29 is 28.5 Å². The van der Waals surface area contributed by atoms with Crippen molar-refractivity contribution in [3.05, 3.63) is 23.2 Å². The third-order valence-electron chi connectivity index (χ3n) is 4.85. The maximum Gasteiger partial charge on any atom is 0.314 e. The molecule has 2 aromatic rings. The summed E-state index contributed by atoms with van der Waals surface area (Å²) < 4.78 is 24.0. The van der Waals surface area contributed by atoms with E-state index in [9.17, 15) is 9.59 Å². The molecule has 0 amide bonds. The number of rotatable bonds is 8. The smallest absolute Gasteiger partial charge is 0.314 e. The topological polar surface area (TPSA) is 71.1 Å². The monoisotopic (exact) mass is 492 g/mol. The lowest BCUT2D eigenvalue weighted by Gasteiger charge is -2.26. The van der Waals surface area contributed by atoms with Crippen molar-refractivity contribution in [3.63, 3.8) is 0 Å². The van der Waals surface area contributed by atoms with Crippen molar-refractivity contribution in [2.75, 3.05) is 13.2 Å². The van der Waals surface area contributed by atoms with Crippen LogP contribution in [0.4, 0.5) is 0 Å². The Labute approximate surface area is 207 Å². The zero-order valence-electron chi connectivity index (χ0n) is 21.8. The number of halogens is 1. The van der Waals surface area contributed by atoms with Crippen LogP contribution in [0, 0.1) is 16.7 Å². The molecule has 2 aromatic carbocycles. The minimum atomic E-state index is -0.520. The summed E-state index contributed by atoms with van der Waals surface area (Å²) in [6.45, 7) is 17.8. The first-order valence-electron chi connectivity index (χ1n) is 11.6. The molecule has 1 atom stereocenters. The third kappa shape index (κ3) is 7.52. The van der Waals surface area contributed by atoms with E-state index in [0.29, 0.717) is 35.4 Å². The van der Waals surface area contributed by atoms with Crippen LogP contribution in [-0.2, 0) is 9.59 Å². The van der Waals surface area contributed by atoms with Crippen LogP contribution < -0.4 is 18.9 Å². The van der Waals surface area contributed by atoms with E-state index in [0.717, 1.165) is 0 Å². The van der Waals surface area contributed by atoms with Gasteiger partial charge >= 0.3 is 11.9 Å². The Morgan fingerprint density at radius 3 is 1.79 bits per heavy atom. The van der Waals surface area contributed by atoms with Gasteiger partial charge in [0.2, 0.25) is 11.5 Å². The van der Waals surface area contributed by atoms with Crippen molar-refractivity contribution >= 4 is 34.3 Å². The summed E-state index contributed by atoms with van der Waals surface area (Å²) in [5.41, 5.74) is -0.401. The first-order valence-corrected chi connectivity index (χ1v) is 12.0. The molecule has 0 heterocycles. The van der Waals surface area contributed by atoms with E-state index in [2.05, 4.69) is 0 Å². The number of hydrogen-bond donors (Lipinski definition) is 0. The molecule has 0 fully saturated rings. The number of carbonyl (C=O) groups is 2. The van der Waals surface area contributed by atoms with Crippen molar-refractivity contribution in [3.8, 4) is 23.0 Å². The number of fused-ring (bicyclic) bond motifs is 1. The summed E-state index contributed by atoms with van der Waals surface area (Å²) >= 11 is 6.30. The lowest BCUT2D eigenvalue weighted by atomic mass is 9.98. The van der Waals surface area contributed by atoms with Crippen LogP contribution in [0.15, 0.2) is 18.2 Å². The molecule has 0 aliphatic carbocycles. The number of carbonyl (C=O) groups excluding carboxylic acids is 2. The van der Waals surface area contributed by atoms with E-state index in [4.69, 9.17) is 30.5 Å². The molecule has 0 aromatic heterocycles. The standard InChI is InChI=1S/C27H37ClO6/c1-10-16(2)25(30)34-21-19-12-11-18(28)13-20(19)22(33-17(3)29)24(32-15-27(7,8)9)23(21)31-14-26(4,5)6/h11-13,16H,10,14-15H2,1-9H3. The highest BCUT2D eigenvalue weighted by Gasteiger charge is 2.30. The Kier molecular flexibility index (Phi) is 8.86.